The largest absolute Gasteiger partial charge is 0.480 e. The zero-order valence-electron chi connectivity index (χ0n) is 15.2. The van der Waals surface area contributed by atoms with E-state index in [1.54, 1.807) is 32.0 Å². The van der Waals surface area contributed by atoms with Crippen molar-refractivity contribution >= 4 is 33.4 Å². The van der Waals surface area contributed by atoms with Gasteiger partial charge in [-0.15, -0.1) is 0 Å². The van der Waals surface area contributed by atoms with Crippen molar-refractivity contribution in [3.05, 3.63) is 63.7 Å². The highest BCUT2D eigenvalue weighted by Gasteiger charge is 2.23. The van der Waals surface area contributed by atoms with Crippen LogP contribution in [0.1, 0.15) is 40.9 Å². The zero-order chi connectivity index (χ0) is 19.7. The number of rotatable bonds is 4. The number of thiazole rings is 1. The van der Waals surface area contributed by atoms with E-state index in [0.717, 1.165) is 5.56 Å². The average Bonchev–Trinajstić information content (AvgIpc) is 2.93. The van der Waals surface area contributed by atoms with Gasteiger partial charge >= 0.3 is 5.97 Å². The van der Waals surface area contributed by atoms with Crippen LogP contribution < -0.4 is 4.80 Å². The topological polar surface area (TPSA) is 71.7 Å². The van der Waals surface area contributed by atoms with E-state index in [1.165, 1.54) is 22.0 Å². The van der Waals surface area contributed by atoms with Gasteiger partial charge in [-0.1, -0.05) is 36.0 Å². The first-order chi connectivity index (χ1) is 12.8. The van der Waals surface area contributed by atoms with Crippen LogP contribution in [-0.4, -0.2) is 21.6 Å². The summed E-state index contributed by atoms with van der Waals surface area (Å²) in [6.45, 7) is 5.29. The molecule has 2 aromatic carbocycles. The Kier molecular flexibility index (Phi) is 5.23. The standard InChI is InChI=1S/C20H19FN2O3S/c1-4-15(19(25)26)23-16-10-14(21)12(3)9-17(16)27-20(23)22-18(24)13-7-5-11(2)6-8-13/h5-10,15H,4H2,1-3H3,(H,25,26)/b22-20-. The van der Waals surface area contributed by atoms with E-state index in [4.69, 9.17) is 0 Å². The fourth-order valence-electron chi connectivity index (χ4n) is 2.86. The number of halogens is 1. The van der Waals surface area contributed by atoms with Gasteiger partial charge in [0.2, 0.25) is 0 Å². The van der Waals surface area contributed by atoms with Crippen LogP contribution in [0.15, 0.2) is 41.4 Å². The summed E-state index contributed by atoms with van der Waals surface area (Å²) < 4.78 is 16.2. The minimum absolute atomic E-state index is 0.245. The van der Waals surface area contributed by atoms with Gasteiger partial charge in [-0.3, -0.25) is 4.79 Å². The van der Waals surface area contributed by atoms with E-state index in [0.29, 0.717) is 21.3 Å². The van der Waals surface area contributed by atoms with Gasteiger partial charge in [-0.05, 0) is 50.1 Å². The van der Waals surface area contributed by atoms with E-state index >= 15 is 0 Å². The molecule has 1 heterocycles. The number of hydrogen-bond donors (Lipinski definition) is 1. The van der Waals surface area contributed by atoms with Crippen LogP contribution in [0.5, 0.6) is 0 Å². The first-order valence-corrected chi connectivity index (χ1v) is 9.33. The first-order valence-electron chi connectivity index (χ1n) is 8.51. The Morgan fingerprint density at radius 1 is 1.22 bits per heavy atom. The number of aliphatic carboxylic acids is 1. The molecule has 0 aliphatic rings. The number of carbonyl (C=O) groups excluding carboxylic acids is 1. The molecule has 27 heavy (non-hydrogen) atoms. The molecule has 1 N–H and O–H groups in total. The number of amides is 1. The molecule has 0 radical (unpaired) electrons. The molecule has 1 unspecified atom stereocenters. The third kappa shape index (κ3) is 3.68. The van der Waals surface area contributed by atoms with E-state index in [2.05, 4.69) is 4.99 Å². The molecule has 5 nitrogen and oxygen atoms in total. The third-order valence-electron chi connectivity index (χ3n) is 4.39. The quantitative estimate of drug-likeness (QED) is 0.729. The third-order valence-corrected chi connectivity index (χ3v) is 5.40. The molecule has 0 saturated carbocycles. The van der Waals surface area contributed by atoms with Gasteiger partial charge in [0.1, 0.15) is 11.9 Å². The molecule has 3 aromatic rings. The number of nitrogens with zero attached hydrogens (tertiary/aromatic N) is 2. The predicted molar refractivity (Wildman–Crippen MR) is 103 cm³/mol. The summed E-state index contributed by atoms with van der Waals surface area (Å²) in [6.07, 6.45) is 0.280. The van der Waals surface area contributed by atoms with E-state index in [9.17, 15) is 19.1 Å². The van der Waals surface area contributed by atoms with Gasteiger partial charge < -0.3 is 9.67 Å². The van der Waals surface area contributed by atoms with Crippen LogP contribution >= 0.6 is 11.3 Å². The molecule has 0 fully saturated rings. The van der Waals surface area contributed by atoms with Crippen molar-refractivity contribution in [2.45, 2.75) is 33.2 Å². The molecular formula is C20H19FN2O3S. The maximum absolute atomic E-state index is 14.1. The summed E-state index contributed by atoms with van der Waals surface area (Å²) in [5.41, 5.74) is 2.31. The van der Waals surface area contributed by atoms with Crippen LogP contribution in [0.3, 0.4) is 0 Å². The number of carboxylic acid groups (broad SMARTS) is 1. The Bertz CT molecular complexity index is 1100. The number of aromatic nitrogens is 1. The highest BCUT2D eigenvalue weighted by molar-refractivity contribution is 7.16. The van der Waals surface area contributed by atoms with Gasteiger partial charge in [0.25, 0.3) is 5.91 Å². The van der Waals surface area contributed by atoms with Crippen molar-refractivity contribution in [3.63, 3.8) is 0 Å². The molecule has 3 rings (SSSR count). The number of carbonyl (C=O) groups is 2. The zero-order valence-corrected chi connectivity index (χ0v) is 16.0. The molecule has 1 atom stereocenters. The maximum Gasteiger partial charge on any atom is 0.326 e. The second kappa shape index (κ2) is 7.44. The minimum Gasteiger partial charge on any atom is -0.480 e. The number of aryl methyl sites for hydroxylation is 2. The van der Waals surface area contributed by atoms with E-state index in [1.807, 2.05) is 19.1 Å². The lowest BCUT2D eigenvalue weighted by Crippen LogP contribution is -2.27. The smallest absolute Gasteiger partial charge is 0.326 e. The molecule has 0 saturated heterocycles. The van der Waals surface area contributed by atoms with Crippen molar-refractivity contribution in [1.29, 1.82) is 0 Å². The summed E-state index contributed by atoms with van der Waals surface area (Å²) in [5.74, 6) is -1.94. The van der Waals surface area contributed by atoms with Crippen LogP contribution in [0, 0.1) is 19.7 Å². The van der Waals surface area contributed by atoms with E-state index < -0.39 is 23.7 Å². The number of hydrogen-bond acceptors (Lipinski definition) is 3. The lowest BCUT2D eigenvalue weighted by molar-refractivity contribution is -0.140. The highest BCUT2D eigenvalue weighted by atomic mass is 32.1. The normalized spacial score (nSPS) is 13.1. The molecular weight excluding hydrogens is 367 g/mol. The summed E-state index contributed by atoms with van der Waals surface area (Å²) in [4.78, 5) is 28.7. The fraction of sp³-hybridized carbons (Fsp3) is 0.250. The predicted octanol–water partition coefficient (Wildman–Crippen LogP) is 4.24. The minimum atomic E-state index is -1.05. The molecule has 1 amide bonds. The molecule has 0 bridgehead atoms. The van der Waals surface area contributed by atoms with Crippen molar-refractivity contribution in [3.8, 4) is 0 Å². The molecule has 140 valence electrons. The van der Waals surface area contributed by atoms with Gasteiger partial charge in [0.05, 0.1) is 10.2 Å². The summed E-state index contributed by atoms with van der Waals surface area (Å²) in [5, 5.41) is 9.60. The van der Waals surface area contributed by atoms with Gasteiger partial charge in [-0.25, -0.2) is 9.18 Å². The van der Waals surface area contributed by atoms with Gasteiger partial charge in [0, 0.05) is 5.56 Å². The SMILES string of the molecule is CCC(C(=O)O)n1/c(=N/C(=O)c2ccc(C)cc2)sc2cc(C)c(F)cc21. The Balaban J connectivity index is 2.26. The Morgan fingerprint density at radius 2 is 1.89 bits per heavy atom. The van der Waals surface area contributed by atoms with Crippen LogP contribution in [0.4, 0.5) is 4.39 Å². The lowest BCUT2D eigenvalue weighted by atomic mass is 10.1. The van der Waals surface area contributed by atoms with Crippen LogP contribution in [0.25, 0.3) is 10.2 Å². The second-order valence-corrected chi connectivity index (χ2v) is 7.38. The lowest BCUT2D eigenvalue weighted by Gasteiger charge is -2.13. The van der Waals surface area contributed by atoms with Crippen molar-refractivity contribution in [2.24, 2.45) is 4.99 Å². The van der Waals surface area contributed by atoms with Crippen molar-refractivity contribution < 1.29 is 19.1 Å². The van der Waals surface area contributed by atoms with E-state index in [-0.39, 0.29) is 11.2 Å². The summed E-state index contributed by atoms with van der Waals surface area (Å²) in [7, 11) is 0. The van der Waals surface area contributed by atoms with Gasteiger partial charge in [0.15, 0.2) is 4.80 Å². The maximum atomic E-state index is 14.1. The molecule has 0 aliphatic carbocycles. The molecule has 1 aromatic heterocycles. The second-order valence-electron chi connectivity index (χ2n) is 6.37. The Labute approximate surface area is 159 Å². The Hall–Kier alpha value is -2.80. The Morgan fingerprint density at radius 3 is 2.48 bits per heavy atom. The molecule has 7 heteroatoms. The van der Waals surface area contributed by atoms with Crippen LogP contribution in [-0.2, 0) is 4.79 Å². The molecule has 0 aliphatic heterocycles. The van der Waals surface area contributed by atoms with Crippen molar-refractivity contribution in [2.75, 3.05) is 0 Å². The summed E-state index contributed by atoms with van der Waals surface area (Å²) >= 11 is 1.18. The fourth-order valence-corrected chi connectivity index (χ4v) is 4.00. The average molecular weight is 386 g/mol. The monoisotopic (exact) mass is 386 g/mol. The van der Waals surface area contributed by atoms with Crippen molar-refractivity contribution in [1.82, 2.24) is 4.57 Å². The first kappa shape index (κ1) is 19.0. The number of fused-ring (bicyclic) bond motifs is 1. The summed E-state index contributed by atoms with van der Waals surface area (Å²) in [6, 6.07) is 9.00. The number of carboxylic acids is 1. The number of benzene rings is 2. The highest BCUT2D eigenvalue weighted by Crippen LogP contribution is 2.25. The van der Waals surface area contributed by atoms with Gasteiger partial charge in [-0.2, -0.15) is 4.99 Å². The van der Waals surface area contributed by atoms with Crippen LogP contribution in [0.2, 0.25) is 0 Å². The molecule has 0 spiro atoms.